The summed E-state index contributed by atoms with van der Waals surface area (Å²) in [4.78, 5) is 0. The van der Waals surface area contributed by atoms with Crippen molar-refractivity contribution < 1.29 is 14.2 Å². The Labute approximate surface area is 127 Å². The van der Waals surface area contributed by atoms with Crippen molar-refractivity contribution in [3.8, 4) is 5.75 Å². The van der Waals surface area contributed by atoms with E-state index in [1.807, 2.05) is 12.1 Å². The van der Waals surface area contributed by atoms with Crippen LogP contribution in [0.5, 0.6) is 5.75 Å². The molecule has 4 nitrogen and oxygen atoms in total. The van der Waals surface area contributed by atoms with Gasteiger partial charge in [0.1, 0.15) is 5.75 Å². The highest BCUT2D eigenvalue weighted by molar-refractivity contribution is 5.27. The Morgan fingerprint density at radius 1 is 1.24 bits per heavy atom. The van der Waals surface area contributed by atoms with Crippen molar-refractivity contribution in [1.29, 1.82) is 0 Å². The van der Waals surface area contributed by atoms with Gasteiger partial charge in [-0.25, -0.2) is 0 Å². The third-order valence-corrected chi connectivity index (χ3v) is 3.70. The quantitative estimate of drug-likeness (QED) is 0.673. The van der Waals surface area contributed by atoms with E-state index >= 15 is 0 Å². The van der Waals surface area contributed by atoms with Crippen LogP contribution in [0.25, 0.3) is 0 Å². The van der Waals surface area contributed by atoms with Crippen molar-refractivity contribution in [2.24, 2.45) is 0 Å². The van der Waals surface area contributed by atoms with E-state index < -0.39 is 0 Å². The number of rotatable bonds is 10. The molecule has 118 valence electrons. The van der Waals surface area contributed by atoms with E-state index in [0.717, 1.165) is 51.5 Å². The Balaban J connectivity index is 1.58. The van der Waals surface area contributed by atoms with E-state index in [9.17, 15) is 0 Å². The summed E-state index contributed by atoms with van der Waals surface area (Å²) in [7, 11) is 1.71. The summed E-state index contributed by atoms with van der Waals surface area (Å²) in [5.74, 6) is 0.947. The molecule has 0 bridgehead atoms. The van der Waals surface area contributed by atoms with Crippen LogP contribution in [0.1, 0.15) is 31.2 Å². The van der Waals surface area contributed by atoms with E-state index in [4.69, 9.17) is 14.2 Å². The van der Waals surface area contributed by atoms with Crippen LogP contribution in [0.2, 0.25) is 0 Å². The minimum absolute atomic E-state index is 0.467. The topological polar surface area (TPSA) is 39.7 Å². The zero-order chi connectivity index (χ0) is 14.8. The molecule has 1 aromatic carbocycles. The van der Waals surface area contributed by atoms with Gasteiger partial charge in [0.2, 0.25) is 0 Å². The van der Waals surface area contributed by atoms with Gasteiger partial charge in [-0.2, -0.15) is 0 Å². The van der Waals surface area contributed by atoms with E-state index in [-0.39, 0.29) is 0 Å². The van der Waals surface area contributed by atoms with E-state index in [1.54, 1.807) is 7.11 Å². The number of nitrogens with one attached hydrogen (secondary N) is 1. The van der Waals surface area contributed by atoms with Gasteiger partial charge in [-0.15, -0.1) is 0 Å². The lowest BCUT2D eigenvalue weighted by Crippen LogP contribution is -2.18. The van der Waals surface area contributed by atoms with E-state index in [0.29, 0.717) is 6.10 Å². The molecular weight excluding hydrogens is 266 g/mol. The fourth-order valence-electron chi connectivity index (χ4n) is 2.48. The summed E-state index contributed by atoms with van der Waals surface area (Å²) >= 11 is 0. The maximum absolute atomic E-state index is 5.77. The monoisotopic (exact) mass is 293 g/mol. The maximum atomic E-state index is 5.77. The van der Waals surface area contributed by atoms with Crippen LogP contribution in [0.4, 0.5) is 0 Å². The Kier molecular flexibility index (Phi) is 7.57. The number of hydrogen-bond donors (Lipinski definition) is 1. The van der Waals surface area contributed by atoms with Gasteiger partial charge < -0.3 is 19.5 Å². The van der Waals surface area contributed by atoms with Crippen LogP contribution < -0.4 is 10.1 Å². The Morgan fingerprint density at radius 2 is 2.10 bits per heavy atom. The summed E-state index contributed by atoms with van der Waals surface area (Å²) in [6.07, 6.45) is 5.07. The first-order chi connectivity index (χ1) is 10.4. The van der Waals surface area contributed by atoms with Crippen molar-refractivity contribution in [3.63, 3.8) is 0 Å². The van der Waals surface area contributed by atoms with Gasteiger partial charge >= 0.3 is 0 Å². The Bertz CT molecular complexity index is 374. The van der Waals surface area contributed by atoms with Gasteiger partial charge in [-0.1, -0.05) is 12.1 Å². The van der Waals surface area contributed by atoms with Crippen molar-refractivity contribution in [2.45, 2.75) is 38.3 Å². The molecule has 1 atom stereocenters. The molecular formula is C17H27NO3. The standard InChI is InChI=1S/C17H27NO3/c1-19-13-10-18-14-15-6-8-17(9-7-15)21-12-3-5-16-4-2-11-20-16/h6-9,16,18H,2-5,10-14H2,1H3. The molecule has 0 aromatic heterocycles. The van der Waals surface area contributed by atoms with Crippen LogP contribution in [-0.4, -0.2) is 39.6 Å². The zero-order valence-electron chi connectivity index (χ0n) is 13.0. The van der Waals surface area contributed by atoms with Crippen LogP contribution in [0, 0.1) is 0 Å². The molecule has 1 aliphatic heterocycles. The number of hydrogen-bond acceptors (Lipinski definition) is 4. The molecule has 0 saturated carbocycles. The Hall–Kier alpha value is -1.10. The highest BCUT2D eigenvalue weighted by Gasteiger charge is 2.14. The first kappa shape index (κ1) is 16.3. The Morgan fingerprint density at radius 3 is 2.81 bits per heavy atom. The molecule has 0 radical (unpaired) electrons. The normalized spacial score (nSPS) is 18.0. The lowest BCUT2D eigenvalue weighted by atomic mass is 10.1. The molecule has 0 amide bonds. The summed E-state index contributed by atoms with van der Waals surface area (Å²) in [6.45, 7) is 4.18. The van der Waals surface area contributed by atoms with Crippen LogP contribution in [0.15, 0.2) is 24.3 Å². The highest BCUT2D eigenvalue weighted by atomic mass is 16.5. The number of ether oxygens (including phenoxy) is 3. The minimum Gasteiger partial charge on any atom is -0.494 e. The molecule has 0 aliphatic carbocycles. The molecule has 1 N–H and O–H groups in total. The summed E-state index contributed by atoms with van der Waals surface area (Å²) < 4.78 is 16.4. The fourth-order valence-corrected chi connectivity index (χ4v) is 2.48. The molecule has 1 aliphatic rings. The molecule has 2 rings (SSSR count). The smallest absolute Gasteiger partial charge is 0.119 e. The van der Waals surface area contributed by atoms with Gasteiger partial charge in [0.15, 0.2) is 0 Å². The second-order valence-corrected chi connectivity index (χ2v) is 5.44. The summed E-state index contributed by atoms with van der Waals surface area (Å²) in [5.41, 5.74) is 1.26. The highest BCUT2D eigenvalue weighted by Crippen LogP contribution is 2.17. The average Bonchev–Trinajstić information content (AvgIpc) is 3.03. The van der Waals surface area contributed by atoms with Crippen LogP contribution >= 0.6 is 0 Å². The first-order valence-electron chi connectivity index (χ1n) is 7.91. The molecule has 1 saturated heterocycles. The fraction of sp³-hybridized carbons (Fsp3) is 0.647. The van der Waals surface area contributed by atoms with Gasteiger partial charge in [-0.3, -0.25) is 0 Å². The summed E-state index contributed by atoms with van der Waals surface area (Å²) in [6, 6.07) is 8.29. The SMILES string of the molecule is COCCNCc1ccc(OCCCC2CCCO2)cc1. The van der Waals surface area contributed by atoms with Crippen molar-refractivity contribution in [1.82, 2.24) is 5.32 Å². The minimum atomic E-state index is 0.467. The average molecular weight is 293 g/mol. The molecule has 1 aromatic rings. The lowest BCUT2D eigenvalue weighted by molar-refractivity contribution is 0.0981. The van der Waals surface area contributed by atoms with E-state index in [2.05, 4.69) is 17.4 Å². The number of methoxy groups -OCH3 is 1. The molecule has 1 fully saturated rings. The molecule has 21 heavy (non-hydrogen) atoms. The van der Waals surface area contributed by atoms with Gasteiger partial charge in [0.25, 0.3) is 0 Å². The lowest BCUT2D eigenvalue weighted by Gasteiger charge is -2.10. The molecule has 0 spiro atoms. The predicted molar refractivity (Wildman–Crippen MR) is 83.7 cm³/mol. The van der Waals surface area contributed by atoms with E-state index in [1.165, 1.54) is 18.4 Å². The molecule has 1 unspecified atom stereocenters. The third kappa shape index (κ3) is 6.46. The maximum Gasteiger partial charge on any atom is 0.119 e. The van der Waals surface area contributed by atoms with Gasteiger partial charge in [-0.05, 0) is 43.4 Å². The van der Waals surface area contributed by atoms with Crippen LogP contribution in [-0.2, 0) is 16.0 Å². The molecule has 1 heterocycles. The van der Waals surface area contributed by atoms with Gasteiger partial charge in [0.05, 0.1) is 19.3 Å². The second kappa shape index (κ2) is 9.77. The van der Waals surface area contributed by atoms with Crippen molar-refractivity contribution in [3.05, 3.63) is 29.8 Å². The largest absolute Gasteiger partial charge is 0.494 e. The van der Waals surface area contributed by atoms with Gasteiger partial charge in [0, 0.05) is 26.8 Å². The predicted octanol–water partition coefficient (Wildman–Crippen LogP) is 2.76. The number of benzene rings is 1. The zero-order valence-corrected chi connectivity index (χ0v) is 13.0. The third-order valence-electron chi connectivity index (χ3n) is 3.70. The van der Waals surface area contributed by atoms with Crippen LogP contribution in [0.3, 0.4) is 0 Å². The summed E-state index contributed by atoms with van der Waals surface area (Å²) in [5, 5.41) is 3.33. The molecule has 4 heteroatoms. The second-order valence-electron chi connectivity index (χ2n) is 5.44. The van der Waals surface area contributed by atoms with Crippen molar-refractivity contribution >= 4 is 0 Å². The first-order valence-corrected chi connectivity index (χ1v) is 7.91. The van der Waals surface area contributed by atoms with Crippen molar-refractivity contribution in [2.75, 3.05) is 33.5 Å².